The molecule has 5 rings (SSSR count). The summed E-state index contributed by atoms with van der Waals surface area (Å²) in [5, 5.41) is 2.30. The van der Waals surface area contributed by atoms with Crippen LogP contribution in [0.5, 0.6) is 5.75 Å². The number of rotatable bonds is 4. The van der Waals surface area contributed by atoms with E-state index < -0.39 is 0 Å². The highest BCUT2D eigenvalue weighted by molar-refractivity contribution is 5.68. The van der Waals surface area contributed by atoms with Crippen LogP contribution in [0.15, 0.2) is 76.6 Å². The normalized spacial score (nSPS) is 15.4. The van der Waals surface area contributed by atoms with Crippen LogP contribution in [0, 0.1) is 0 Å². The van der Waals surface area contributed by atoms with Crippen molar-refractivity contribution in [3.05, 3.63) is 88.7 Å². The molecule has 0 saturated carbocycles. The lowest BCUT2D eigenvalue weighted by Crippen LogP contribution is -2.03. The predicted octanol–water partition coefficient (Wildman–Crippen LogP) is 4.16. The Morgan fingerprint density at radius 3 is 2.61 bits per heavy atom. The van der Waals surface area contributed by atoms with Crippen molar-refractivity contribution in [3.63, 3.8) is 0 Å². The zero-order valence-corrected chi connectivity index (χ0v) is 15.0. The van der Waals surface area contributed by atoms with Crippen LogP contribution in [0.2, 0.25) is 0 Å². The molecule has 6 heteroatoms. The number of nitrogens with one attached hydrogen (secondary N) is 1. The molecule has 0 aliphatic heterocycles. The molecule has 2 aromatic carbocycles. The van der Waals surface area contributed by atoms with Crippen LogP contribution in [0.4, 0.5) is 0 Å². The van der Waals surface area contributed by atoms with Gasteiger partial charge >= 0.3 is 0 Å². The maximum atomic E-state index is 11.2. The highest BCUT2D eigenvalue weighted by atomic mass is 16.5. The minimum atomic E-state index is -0.252. The van der Waals surface area contributed by atoms with Crippen LogP contribution in [-0.4, -0.2) is 15.1 Å². The number of aromatic nitrogens is 3. The van der Waals surface area contributed by atoms with Gasteiger partial charge < -0.3 is 9.26 Å². The zero-order valence-electron chi connectivity index (χ0n) is 15.0. The van der Waals surface area contributed by atoms with Gasteiger partial charge in [0.15, 0.2) is 5.76 Å². The van der Waals surface area contributed by atoms with E-state index in [1.807, 2.05) is 36.7 Å². The fraction of sp³-hybridized carbons (Fsp3) is 0.136. The van der Waals surface area contributed by atoms with Crippen molar-refractivity contribution >= 4 is 0 Å². The molecule has 1 aliphatic carbocycles. The molecule has 1 aliphatic rings. The molecule has 0 bridgehead atoms. The van der Waals surface area contributed by atoms with Crippen LogP contribution in [0.3, 0.4) is 0 Å². The summed E-state index contributed by atoms with van der Waals surface area (Å²) >= 11 is 0. The Kier molecular flexibility index (Phi) is 4.01. The number of ether oxygens (including phenoxy) is 1. The summed E-state index contributed by atoms with van der Waals surface area (Å²) < 4.78 is 11.4. The molecule has 4 aromatic rings. The van der Waals surface area contributed by atoms with Crippen LogP contribution in [0.25, 0.3) is 22.5 Å². The van der Waals surface area contributed by atoms with Gasteiger partial charge in [0, 0.05) is 23.5 Å². The molecule has 2 heterocycles. The molecule has 0 fully saturated rings. The van der Waals surface area contributed by atoms with E-state index in [0.717, 1.165) is 29.7 Å². The quantitative estimate of drug-likeness (QED) is 0.583. The maximum Gasteiger partial charge on any atom is 0.280 e. The summed E-state index contributed by atoms with van der Waals surface area (Å²) in [4.78, 5) is 19.5. The first-order valence-electron chi connectivity index (χ1n) is 9.11. The minimum absolute atomic E-state index is 0.00983. The number of nitrogens with zero attached hydrogens (tertiary/aromatic N) is 2. The van der Waals surface area contributed by atoms with Gasteiger partial charge in [0.1, 0.15) is 18.2 Å². The molecule has 2 aromatic heterocycles. The van der Waals surface area contributed by atoms with Gasteiger partial charge in [0.25, 0.3) is 5.56 Å². The zero-order chi connectivity index (χ0) is 18.9. The van der Waals surface area contributed by atoms with Crippen molar-refractivity contribution in [1.29, 1.82) is 0 Å². The topological polar surface area (TPSA) is 81.0 Å². The average molecular weight is 371 g/mol. The van der Waals surface area contributed by atoms with E-state index in [0.29, 0.717) is 5.76 Å². The van der Waals surface area contributed by atoms with E-state index in [4.69, 9.17) is 9.26 Å². The molecule has 1 atom stereocenters. The summed E-state index contributed by atoms with van der Waals surface area (Å²) in [7, 11) is 0. The summed E-state index contributed by atoms with van der Waals surface area (Å²) in [5.41, 5.74) is 5.27. The van der Waals surface area contributed by atoms with Gasteiger partial charge in [-0.15, -0.1) is 0 Å². The molecule has 138 valence electrons. The molecule has 0 saturated heterocycles. The third kappa shape index (κ3) is 2.99. The number of H-pyrrole nitrogens is 1. The second-order valence-electron chi connectivity index (χ2n) is 6.75. The molecule has 0 radical (unpaired) electrons. The molecule has 1 unspecified atom stereocenters. The third-order valence-electron chi connectivity index (χ3n) is 5.03. The van der Waals surface area contributed by atoms with E-state index >= 15 is 0 Å². The molecular formula is C22H17N3O3. The summed E-state index contributed by atoms with van der Waals surface area (Å²) in [5.74, 6) is 1.30. The van der Waals surface area contributed by atoms with E-state index in [9.17, 15) is 4.79 Å². The maximum absolute atomic E-state index is 11.2. The Hall–Kier alpha value is -3.67. The van der Waals surface area contributed by atoms with Crippen LogP contribution >= 0.6 is 0 Å². The summed E-state index contributed by atoms with van der Waals surface area (Å²) in [6, 6.07) is 15.3. The lowest BCUT2D eigenvalue weighted by molar-refractivity contribution is 0.207. The Morgan fingerprint density at radius 2 is 1.86 bits per heavy atom. The van der Waals surface area contributed by atoms with Gasteiger partial charge in [-0.3, -0.25) is 4.79 Å². The van der Waals surface area contributed by atoms with Gasteiger partial charge in [0.2, 0.25) is 0 Å². The predicted molar refractivity (Wildman–Crippen MR) is 104 cm³/mol. The Balaban J connectivity index is 1.39. The Morgan fingerprint density at radius 1 is 1.04 bits per heavy atom. The van der Waals surface area contributed by atoms with Crippen molar-refractivity contribution in [2.75, 3.05) is 0 Å². The first-order valence-corrected chi connectivity index (χ1v) is 9.11. The van der Waals surface area contributed by atoms with E-state index in [1.165, 1.54) is 22.8 Å². The molecule has 0 spiro atoms. The number of hydrogen-bond donors (Lipinski definition) is 1. The lowest BCUT2D eigenvalue weighted by Gasteiger charge is -2.16. The fourth-order valence-corrected chi connectivity index (χ4v) is 3.73. The van der Waals surface area contributed by atoms with Crippen molar-refractivity contribution in [1.82, 2.24) is 15.1 Å². The van der Waals surface area contributed by atoms with Crippen LogP contribution in [-0.2, 0) is 6.42 Å². The fourth-order valence-electron chi connectivity index (χ4n) is 3.73. The first-order chi connectivity index (χ1) is 13.8. The van der Waals surface area contributed by atoms with Gasteiger partial charge in [-0.2, -0.15) is 5.16 Å². The first kappa shape index (κ1) is 16.5. The standard InChI is InChI=1S/C22H17N3O3/c26-22-10-21(28-25-22)14-4-6-16(7-5-14)27-20-9-8-18-17(2-1-3-19(18)20)15-11-23-13-24-12-15/h1-7,10-13,20H,8-9H2,(H,25,26). The van der Waals surface area contributed by atoms with Crippen molar-refractivity contribution < 1.29 is 9.26 Å². The van der Waals surface area contributed by atoms with E-state index in [-0.39, 0.29) is 11.7 Å². The largest absolute Gasteiger partial charge is 0.486 e. The smallest absolute Gasteiger partial charge is 0.280 e. The van der Waals surface area contributed by atoms with Gasteiger partial charge in [-0.1, -0.05) is 18.2 Å². The number of benzene rings is 2. The third-order valence-corrected chi connectivity index (χ3v) is 5.03. The van der Waals surface area contributed by atoms with Gasteiger partial charge in [-0.05, 0) is 53.8 Å². The SMILES string of the molecule is O=c1cc(-c2ccc(OC3CCc4c(-c5cncnc5)cccc43)cc2)o[nH]1. The summed E-state index contributed by atoms with van der Waals surface area (Å²) in [6.45, 7) is 0. The Bertz CT molecular complexity index is 1160. The molecule has 6 nitrogen and oxygen atoms in total. The number of aromatic amines is 1. The number of hydrogen-bond acceptors (Lipinski definition) is 5. The van der Waals surface area contributed by atoms with E-state index in [1.54, 1.807) is 6.33 Å². The second-order valence-corrected chi connectivity index (χ2v) is 6.75. The minimum Gasteiger partial charge on any atom is -0.486 e. The average Bonchev–Trinajstić information content (AvgIpc) is 3.36. The monoisotopic (exact) mass is 371 g/mol. The molecule has 1 N–H and O–H groups in total. The molecule has 0 amide bonds. The highest BCUT2D eigenvalue weighted by Gasteiger charge is 2.26. The second kappa shape index (κ2) is 6.81. The summed E-state index contributed by atoms with van der Waals surface area (Å²) in [6.07, 6.45) is 7.12. The Labute approximate surface area is 160 Å². The van der Waals surface area contributed by atoms with Crippen molar-refractivity contribution in [3.8, 4) is 28.2 Å². The molecule has 28 heavy (non-hydrogen) atoms. The van der Waals surface area contributed by atoms with Gasteiger partial charge in [-0.25, -0.2) is 9.97 Å². The van der Waals surface area contributed by atoms with E-state index in [2.05, 4.69) is 33.3 Å². The number of fused-ring (bicyclic) bond motifs is 1. The van der Waals surface area contributed by atoms with Crippen LogP contribution < -0.4 is 10.3 Å². The lowest BCUT2D eigenvalue weighted by atomic mass is 9.99. The van der Waals surface area contributed by atoms with Crippen molar-refractivity contribution in [2.24, 2.45) is 0 Å². The van der Waals surface area contributed by atoms with Crippen molar-refractivity contribution in [2.45, 2.75) is 18.9 Å². The van der Waals surface area contributed by atoms with Gasteiger partial charge in [0.05, 0.1) is 6.07 Å². The van der Waals surface area contributed by atoms with Crippen LogP contribution in [0.1, 0.15) is 23.7 Å². The highest BCUT2D eigenvalue weighted by Crippen LogP contribution is 2.40. The molecular weight excluding hydrogens is 354 g/mol.